The standard InChI is InChI=1S/C22H17N5O2/c1-26-20-18(19(25-26)15-7-10-23-11-8-15)17-16(13-24-20)21(28)27(22(17)29)12-9-14-5-3-2-4-6-14/h2-8,10-11,13H,9,12H2,1H3. The molecule has 0 bridgehead atoms. The van der Waals surface area contributed by atoms with E-state index in [9.17, 15) is 9.59 Å². The minimum atomic E-state index is -0.306. The SMILES string of the molecule is Cn1nc(-c2ccncc2)c2c3c(cnc21)C(=O)N(CCc1ccccc1)C3=O. The summed E-state index contributed by atoms with van der Waals surface area (Å²) in [5.74, 6) is -0.600. The van der Waals surface area contributed by atoms with Crippen molar-refractivity contribution in [1.82, 2.24) is 24.6 Å². The second-order valence-electron chi connectivity index (χ2n) is 6.95. The Morgan fingerprint density at radius 1 is 0.966 bits per heavy atom. The van der Waals surface area contributed by atoms with Crippen LogP contribution in [0.15, 0.2) is 61.1 Å². The minimum absolute atomic E-state index is 0.295. The summed E-state index contributed by atoms with van der Waals surface area (Å²) in [6, 6.07) is 13.5. The molecule has 0 fully saturated rings. The number of imide groups is 1. The Hall–Kier alpha value is -3.87. The van der Waals surface area contributed by atoms with Gasteiger partial charge < -0.3 is 0 Å². The van der Waals surface area contributed by atoms with E-state index in [-0.39, 0.29) is 11.8 Å². The first kappa shape index (κ1) is 17.2. The number of rotatable bonds is 4. The van der Waals surface area contributed by atoms with Gasteiger partial charge in [0.25, 0.3) is 11.8 Å². The number of hydrogen-bond acceptors (Lipinski definition) is 5. The molecule has 0 radical (unpaired) electrons. The van der Waals surface area contributed by atoms with Gasteiger partial charge in [-0.3, -0.25) is 19.5 Å². The van der Waals surface area contributed by atoms with Crippen molar-refractivity contribution in [2.45, 2.75) is 6.42 Å². The van der Waals surface area contributed by atoms with Gasteiger partial charge in [0.15, 0.2) is 5.65 Å². The Bertz CT molecular complexity index is 1250. The summed E-state index contributed by atoms with van der Waals surface area (Å²) < 4.78 is 1.63. The lowest BCUT2D eigenvalue weighted by molar-refractivity contribution is 0.0656. The number of fused-ring (bicyclic) bond motifs is 3. The molecule has 4 aromatic rings. The number of carbonyl (C=O) groups excluding carboxylic acids is 2. The second kappa shape index (κ2) is 6.63. The Kier molecular flexibility index (Phi) is 3.94. The molecule has 5 rings (SSSR count). The van der Waals surface area contributed by atoms with Crippen molar-refractivity contribution in [2.24, 2.45) is 7.05 Å². The van der Waals surface area contributed by atoms with Crippen LogP contribution in [0.5, 0.6) is 0 Å². The molecule has 4 heterocycles. The number of aromatic nitrogens is 4. The largest absolute Gasteiger partial charge is 0.274 e. The molecule has 7 heteroatoms. The van der Waals surface area contributed by atoms with Crippen LogP contribution in [0.4, 0.5) is 0 Å². The van der Waals surface area contributed by atoms with Gasteiger partial charge >= 0.3 is 0 Å². The Morgan fingerprint density at radius 2 is 1.72 bits per heavy atom. The number of hydrogen-bond donors (Lipinski definition) is 0. The van der Waals surface area contributed by atoms with Crippen molar-refractivity contribution in [2.75, 3.05) is 6.54 Å². The zero-order valence-electron chi connectivity index (χ0n) is 15.7. The fraction of sp³-hybridized carbons (Fsp3) is 0.136. The number of pyridine rings is 2. The van der Waals surface area contributed by atoms with Crippen LogP contribution in [-0.4, -0.2) is 43.0 Å². The maximum absolute atomic E-state index is 13.3. The number of aryl methyl sites for hydroxylation is 1. The molecule has 0 spiro atoms. The summed E-state index contributed by atoms with van der Waals surface area (Å²) in [6.45, 7) is 0.322. The third kappa shape index (κ3) is 2.70. The van der Waals surface area contributed by atoms with E-state index in [1.807, 2.05) is 42.5 Å². The first-order valence-corrected chi connectivity index (χ1v) is 9.31. The fourth-order valence-electron chi connectivity index (χ4n) is 3.78. The predicted octanol–water partition coefficient (Wildman–Crippen LogP) is 2.87. The van der Waals surface area contributed by atoms with Crippen LogP contribution < -0.4 is 0 Å². The third-order valence-electron chi connectivity index (χ3n) is 5.21. The molecule has 1 aliphatic rings. The third-order valence-corrected chi connectivity index (χ3v) is 5.21. The van der Waals surface area contributed by atoms with Crippen LogP contribution in [-0.2, 0) is 13.5 Å². The number of nitrogens with zero attached hydrogens (tertiary/aromatic N) is 5. The molecular formula is C22H17N5O2. The van der Waals surface area contributed by atoms with Crippen molar-refractivity contribution in [3.8, 4) is 11.3 Å². The summed E-state index contributed by atoms with van der Waals surface area (Å²) in [6.07, 6.45) is 5.43. The molecule has 29 heavy (non-hydrogen) atoms. The van der Waals surface area contributed by atoms with Gasteiger partial charge in [-0.25, -0.2) is 9.67 Å². The van der Waals surface area contributed by atoms with Crippen molar-refractivity contribution < 1.29 is 9.59 Å². The summed E-state index contributed by atoms with van der Waals surface area (Å²) in [5, 5.41) is 5.17. The molecule has 3 aromatic heterocycles. The van der Waals surface area contributed by atoms with E-state index in [2.05, 4.69) is 15.1 Å². The van der Waals surface area contributed by atoms with Crippen LogP contribution in [0.25, 0.3) is 22.3 Å². The number of amides is 2. The highest BCUT2D eigenvalue weighted by Crippen LogP contribution is 2.35. The topological polar surface area (TPSA) is 81.0 Å². The maximum atomic E-state index is 13.3. The summed E-state index contributed by atoms with van der Waals surface area (Å²) >= 11 is 0. The van der Waals surface area contributed by atoms with Gasteiger partial charge in [-0.05, 0) is 24.1 Å². The quantitative estimate of drug-likeness (QED) is 0.506. The highest BCUT2D eigenvalue weighted by molar-refractivity contribution is 6.27. The minimum Gasteiger partial charge on any atom is -0.274 e. The average molecular weight is 383 g/mol. The van der Waals surface area contributed by atoms with E-state index in [0.717, 1.165) is 11.1 Å². The molecule has 0 unspecified atom stereocenters. The van der Waals surface area contributed by atoms with Crippen LogP contribution in [0, 0.1) is 0 Å². The smallest absolute Gasteiger partial charge is 0.263 e. The van der Waals surface area contributed by atoms with E-state index < -0.39 is 0 Å². The van der Waals surface area contributed by atoms with Gasteiger partial charge in [-0.15, -0.1) is 0 Å². The van der Waals surface area contributed by atoms with Gasteiger partial charge in [0.05, 0.1) is 16.5 Å². The van der Waals surface area contributed by atoms with Crippen molar-refractivity contribution in [3.63, 3.8) is 0 Å². The maximum Gasteiger partial charge on any atom is 0.263 e. The molecule has 0 N–H and O–H groups in total. The lowest BCUT2D eigenvalue weighted by atomic mass is 10.0. The van der Waals surface area contributed by atoms with Gasteiger partial charge in [0.1, 0.15) is 5.69 Å². The van der Waals surface area contributed by atoms with E-state index in [0.29, 0.717) is 40.8 Å². The monoisotopic (exact) mass is 383 g/mol. The molecule has 0 atom stereocenters. The summed E-state index contributed by atoms with van der Waals surface area (Å²) in [4.78, 5) is 36.0. The first-order valence-electron chi connectivity index (χ1n) is 9.31. The summed E-state index contributed by atoms with van der Waals surface area (Å²) in [7, 11) is 1.78. The van der Waals surface area contributed by atoms with E-state index in [4.69, 9.17) is 0 Å². The fourth-order valence-corrected chi connectivity index (χ4v) is 3.78. The Labute approximate surface area is 166 Å². The first-order chi connectivity index (χ1) is 14.1. The normalized spacial score (nSPS) is 13.3. The lowest BCUT2D eigenvalue weighted by Gasteiger charge is -2.13. The molecular weight excluding hydrogens is 366 g/mol. The molecule has 1 aromatic carbocycles. The number of benzene rings is 1. The molecule has 7 nitrogen and oxygen atoms in total. The summed E-state index contributed by atoms with van der Waals surface area (Å²) in [5.41, 5.74) is 3.81. The molecule has 0 saturated heterocycles. The Balaban J connectivity index is 1.60. The van der Waals surface area contributed by atoms with Gasteiger partial charge in [-0.1, -0.05) is 30.3 Å². The highest BCUT2D eigenvalue weighted by Gasteiger charge is 2.39. The highest BCUT2D eigenvalue weighted by atomic mass is 16.2. The van der Waals surface area contributed by atoms with Gasteiger partial charge in [0.2, 0.25) is 0 Å². The predicted molar refractivity (Wildman–Crippen MR) is 107 cm³/mol. The Morgan fingerprint density at radius 3 is 2.48 bits per heavy atom. The molecule has 0 saturated carbocycles. The molecule has 142 valence electrons. The van der Waals surface area contributed by atoms with Crippen LogP contribution in [0.2, 0.25) is 0 Å². The zero-order valence-corrected chi connectivity index (χ0v) is 15.7. The average Bonchev–Trinajstić information content (AvgIpc) is 3.22. The number of carbonyl (C=O) groups is 2. The van der Waals surface area contributed by atoms with Crippen LogP contribution >= 0.6 is 0 Å². The lowest BCUT2D eigenvalue weighted by Crippen LogP contribution is -2.31. The van der Waals surface area contributed by atoms with Crippen molar-refractivity contribution in [3.05, 3.63) is 77.7 Å². The molecule has 0 aliphatic carbocycles. The van der Waals surface area contributed by atoms with E-state index in [1.165, 1.54) is 11.1 Å². The van der Waals surface area contributed by atoms with Gasteiger partial charge in [-0.2, -0.15) is 5.10 Å². The molecule has 2 amide bonds. The molecule has 1 aliphatic heterocycles. The van der Waals surface area contributed by atoms with Crippen molar-refractivity contribution in [1.29, 1.82) is 0 Å². The van der Waals surface area contributed by atoms with Gasteiger partial charge in [0, 0.05) is 37.7 Å². The van der Waals surface area contributed by atoms with E-state index in [1.54, 1.807) is 24.1 Å². The van der Waals surface area contributed by atoms with Crippen molar-refractivity contribution >= 4 is 22.8 Å². The van der Waals surface area contributed by atoms with Crippen LogP contribution in [0.3, 0.4) is 0 Å². The van der Waals surface area contributed by atoms with E-state index >= 15 is 0 Å². The zero-order chi connectivity index (χ0) is 20.0. The van der Waals surface area contributed by atoms with Crippen LogP contribution in [0.1, 0.15) is 26.3 Å². The second-order valence-corrected chi connectivity index (χ2v) is 6.95.